The fourth-order valence-electron chi connectivity index (χ4n) is 4.37. The Labute approximate surface area is 171 Å². The third-order valence-electron chi connectivity index (χ3n) is 5.93. The van der Waals surface area contributed by atoms with E-state index >= 15 is 0 Å². The zero-order chi connectivity index (χ0) is 20.4. The van der Waals surface area contributed by atoms with Gasteiger partial charge in [0.25, 0.3) is 0 Å². The number of ether oxygens (including phenoxy) is 1. The highest BCUT2D eigenvalue weighted by atomic mass is 16.6. The monoisotopic (exact) mass is 392 g/mol. The summed E-state index contributed by atoms with van der Waals surface area (Å²) >= 11 is 0. The van der Waals surface area contributed by atoms with Gasteiger partial charge in [-0.1, -0.05) is 60.7 Å². The lowest BCUT2D eigenvalue weighted by molar-refractivity contribution is -0.133. The van der Waals surface area contributed by atoms with Crippen molar-refractivity contribution in [2.24, 2.45) is 5.92 Å². The molecule has 2 unspecified atom stereocenters. The van der Waals surface area contributed by atoms with Crippen LogP contribution in [0, 0.1) is 5.92 Å². The van der Waals surface area contributed by atoms with E-state index in [0.717, 1.165) is 11.1 Å². The van der Waals surface area contributed by atoms with Crippen LogP contribution in [0.1, 0.15) is 17.0 Å². The zero-order valence-electron chi connectivity index (χ0n) is 16.5. The summed E-state index contributed by atoms with van der Waals surface area (Å²) in [6.07, 6.45) is -0.000478. The van der Waals surface area contributed by atoms with Gasteiger partial charge in [-0.05, 0) is 30.9 Å². The predicted molar refractivity (Wildman–Crippen MR) is 110 cm³/mol. The van der Waals surface area contributed by atoms with Crippen LogP contribution >= 0.6 is 0 Å². The van der Waals surface area contributed by atoms with Crippen molar-refractivity contribution in [1.82, 2.24) is 9.71 Å². The van der Waals surface area contributed by atoms with E-state index in [1.807, 2.05) is 65.5 Å². The van der Waals surface area contributed by atoms with Crippen LogP contribution in [-0.4, -0.2) is 59.5 Å². The number of benzene rings is 2. The molecule has 2 fully saturated rings. The minimum atomic E-state index is -0.648. The van der Waals surface area contributed by atoms with Gasteiger partial charge in [-0.15, -0.1) is 0 Å². The summed E-state index contributed by atoms with van der Waals surface area (Å²) in [5, 5.41) is 10.1. The van der Waals surface area contributed by atoms with E-state index in [1.54, 1.807) is 6.82 Å². The molecule has 2 heterocycles. The Morgan fingerprint density at radius 3 is 2.41 bits per heavy atom. The van der Waals surface area contributed by atoms with E-state index in [-0.39, 0.29) is 24.5 Å². The third-order valence-corrected chi connectivity index (χ3v) is 5.93. The first kappa shape index (κ1) is 19.7. The molecule has 0 aliphatic carbocycles. The van der Waals surface area contributed by atoms with E-state index in [0.29, 0.717) is 19.5 Å². The van der Waals surface area contributed by atoms with Crippen molar-refractivity contribution >= 4 is 19.1 Å². The van der Waals surface area contributed by atoms with E-state index in [2.05, 4.69) is 0 Å². The second-order valence-electron chi connectivity index (χ2n) is 7.84. The van der Waals surface area contributed by atoms with Crippen molar-refractivity contribution < 1.29 is 19.3 Å². The predicted octanol–water partition coefficient (Wildman–Crippen LogP) is 2.40. The number of rotatable bonds is 5. The van der Waals surface area contributed by atoms with E-state index < -0.39 is 19.1 Å². The Bertz CT molecular complexity index is 862. The number of hydrogen-bond donors (Lipinski definition) is 1. The highest BCUT2D eigenvalue weighted by Gasteiger charge is 2.47. The Morgan fingerprint density at radius 1 is 1.10 bits per heavy atom. The largest absolute Gasteiger partial charge is 0.447 e. The third kappa shape index (κ3) is 4.06. The molecule has 3 atom stereocenters. The summed E-state index contributed by atoms with van der Waals surface area (Å²) in [6.45, 7) is 2.90. The molecule has 150 valence electrons. The van der Waals surface area contributed by atoms with Crippen molar-refractivity contribution in [1.29, 1.82) is 0 Å². The molecule has 1 N–H and O–H groups in total. The van der Waals surface area contributed by atoms with Gasteiger partial charge in [-0.2, -0.15) is 0 Å². The lowest BCUT2D eigenvalue weighted by atomic mass is 9.85. The molecule has 0 aromatic heterocycles. The standard InChI is InChI=1S/C22H25BN2O4/c1-23(28)24-13-19(17-10-6-3-7-11-17)20(14-24)21(26)25-18(15-29-22(25)27)12-16-8-4-2-5-9-16/h2-11,18-20,28H,12-15H2,1H3/t18-,19?,20?/m0/s1. The molecule has 2 aromatic carbocycles. The number of carbonyl (C=O) groups excluding carboxylic acids is 2. The fraction of sp³-hybridized carbons (Fsp3) is 0.364. The van der Waals surface area contributed by atoms with Gasteiger partial charge in [0.15, 0.2) is 0 Å². The van der Waals surface area contributed by atoms with Crippen LogP contribution in [0.25, 0.3) is 0 Å². The van der Waals surface area contributed by atoms with Gasteiger partial charge in [0.05, 0.1) is 12.0 Å². The van der Waals surface area contributed by atoms with Crippen LogP contribution in [-0.2, 0) is 16.0 Å². The summed E-state index contributed by atoms with van der Waals surface area (Å²) in [5.74, 6) is -0.703. The summed E-state index contributed by atoms with van der Waals surface area (Å²) in [5.41, 5.74) is 2.10. The van der Waals surface area contributed by atoms with Crippen LogP contribution in [0.2, 0.25) is 6.82 Å². The SMILES string of the molecule is CB(O)N1CC(C(=O)N2C(=O)OC[C@@H]2Cc2ccccc2)C(c2ccccc2)C1. The van der Waals surface area contributed by atoms with Crippen molar-refractivity contribution in [3.05, 3.63) is 71.8 Å². The Morgan fingerprint density at radius 2 is 1.76 bits per heavy atom. The maximum absolute atomic E-state index is 13.5. The second-order valence-corrected chi connectivity index (χ2v) is 7.84. The average molecular weight is 392 g/mol. The maximum atomic E-state index is 13.5. The van der Waals surface area contributed by atoms with Crippen molar-refractivity contribution in [2.45, 2.75) is 25.2 Å². The minimum absolute atomic E-state index is 0.0796. The Kier molecular flexibility index (Phi) is 5.69. The number of imide groups is 1. The lowest BCUT2D eigenvalue weighted by Gasteiger charge is -2.26. The van der Waals surface area contributed by atoms with Gasteiger partial charge in [0, 0.05) is 12.5 Å². The van der Waals surface area contributed by atoms with Crippen LogP contribution in [0.5, 0.6) is 0 Å². The smallest absolute Gasteiger partial charge is 0.416 e. The average Bonchev–Trinajstić information content (AvgIpc) is 3.33. The van der Waals surface area contributed by atoms with Crippen molar-refractivity contribution in [3.63, 3.8) is 0 Å². The fourth-order valence-corrected chi connectivity index (χ4v) is 4.37. The number of nitrogens with zero attached hydrogens (tertiary/aromatic N) is 2. The summed E-state index contributed by atoms with van der Waals surface area (Å²) in [7, 11) is -0.648. The molecule has 2 aromatic rings. The van der Waals surface area contributed by atoms with Crippen molar-refractivity contribution in [2.75, 3.05) is 19.7 Å². The Hall–Kier alpha value is -2.64. The van der Waals surface area contributed by atoms with Gasteiger partial charge in [-0.25, -0.2) is 9.69 Å². The normalized spacial score (nSPS) is 24.6. The molecule has 2 amide bonds. The molecule has 0 saturated carbocycles. The minimum Gasteiger partial charge on any atom is -0.447 e. The molecule has 0 spiro atoms. The van der Waals surface area contributed by atoms with Gasteiger partial charge in [0.1, 0.15) is 6.61 Å². The first-order valence-electron chi connectivity index (χ1n) is 10.1. The maximum Gasteiger partial charge on any atom is 0.416 e. The van der Waals surface area contributed by atoms with Gasteiger partial charge >= 0.3 is 13.1 Å². The van der Waals surface area contributed by atoms with Crippen LogP contribution in [0.4, 0.5) is 4.79 Å². The van der Waals surface area contributed by atoms with Crippen molar-refractivity contribution in [3.8, 4) is 0 Å². The summed E-state index contributed by atoms with van der Waals surface area (Å²) in [4.78, 5) is 29.2. The molecule has 6 nitrogen and oxygen atoms in total. The van der Waals surface area contributed by atoms with Gasteiger partial charge in [0.2, 0.25) is 5.91 Å². The zero-order valence-corrected chi connectivity index (χ0v) is 16.5. The molecular weight excluding hydrogens is 367 g/mol. The Balaban J connectivity index is 1.58. The molecule has 0 radical (unpaired) electrons. The number of carbonyl (C=O) groups is 2. The summed E-state index contributed by atoms with van der Waals surface area (Å²) in [6, 6.07) is 19.3. The van der Waals surface area contributed by atoms with E-state index in [1.165, 1.54) is 4.90 Å². The molecule has 4 rings (SSSR count). The first-order valence-corrected chi connectivity index (χ1v) is 10.1. The molecule has 0 bridgehead atoms. The molecule has 7 heteroatoms. The highest BCUT2D eigenvalue weighted by Crippen LogP contribution is 2.35. The lowest BCUT2D eigenvalue weighted by Crippen LogP contribution is -2.45. The molecule has 2 saturated heterocycles. The highest BCUT2D eigenvalue weighted by molar-refractivity contribution is 6.45. The molecule has 2 aliphatic rings. The van der Waals surface area contributed by atoms with Crippen LogP contribution in [0.15, 0.2) is 60.7 Å². The number of hydrogen-bond acceptors (Lipinski definition) is 5. The number of cyclic esters (lactones) is 1. The number of amides is 2. The van der Waals surface area contributed by atoms with E-state index in [9.17, 15) is 14.6 Å². The van der Waals surface area contributed by atoms with Gasteiger partial charge < -0.3 is 14.6 Å². The quantitative estimate of drug-likeness (QED) is 0.792. The second kappa shape index (κ2) is 8.39. The van der Waals surface area contributed by atoms with Crippen LogP contribution in [0.3, 0.4) is 0 Å². The van der Waals surface area contributed by atoms with Crippen LogP contribution < -0.4 is 0 Å². The molecule has 2 aliphatic heterocycles. The van der Waals surface area contributed by atoms with E-state index in [4.69, 9.17) is 4.74 Å². The topological polar surface area (TPSA) is 70.1 Å². The first-order chi connectivity index (χ1) is 14.0. The molecular formula is C22H25BN2O4. The van der Waals surface area contributed by atoms with Gasteiger partial charge in [-0.3, -0.25) is 4.79 Å². The summed E-state index contributed by atoms with van der Waals surface area (Å²) < 4.78 is 5.25. The molecule has 29 heavy (non-hydrogen) atoms.